The fourth-order valence-corrected chi connectivity index (χ4v) is 6.83. The lowest BCUT2D eigenvalue weighted by Crippen LogP contribution is -2.36. The average molecular weight is 676 g/mol. The first-order chi connectivity index (χ1) is 23.1. The van der Waals surface area contributed by atoms with E-state index in [9.17, 15) is 22.4 Å². The van der Waals surface area contributed by atoms with E-state index in [1.807, 2.05) is 21.6 Å². The molecular formula is C33H29F4N9OS. The summed E-state index contributed by atoms with van der Waals surface area (Å²) in [5, 5.41) is 8.37. The summed E-state index contributed by atoms with van der Waals surface area (Å²) >= 11 is 1.27. The average Bonchev–Trinajstić information content (AvgIpc) is 3.80. The Hall–Kier alpha value is -5.02. The zero-order valence-electron chi connectivity index (χ0n) is 25.7. The highest BCUT2D eigenvalue weighted by Gasteiger charge is 2.30. The molecular weight excluding hydrogens is 646 g/mol. The van der Waals surface area contributed by atoms with E-state index < -0.39 is 12.6 Å². The minimum Gasteiger partial charge on any atom is -0.326 e. The molecule has 6 aromatic rings. The van der Waals surface area contributed by atoms with Crippen molar-refractivity contribution in [3.63, 3.8) is 0 Å². The topological polar surface area (TPSA) is 106 Å². The number of aryl methyl sites for hydroxylation is 1. The summed E-state index contributed by atoms with van der Waals surface area (Å²) in [7, 11) is 0. The minimum absolute atomic E-state index is 0.0280. The Morgan fingerprint density at radius 2 is 1.83 bits per heavy atom. The predicted molar refractivity (Wildman–Crippen MR) is 173 cm³/mol. The van der Waals surface area contributed by atoms with Crippen molar-refractivity contribution in [3.05, 3.63) is 89.8 Å². The highest BCUT2D eigenvalue weighted by Crippen LogP contribution is 2.36. The number of benzene rings is 1. The number of rotatable bonds is 8. The Kier molecular flexibility index (Phi) is 8.47. The highest BCUT2D eigenvalue weighted by molar-refractivity contribution is 7.17. The standard InChI is InChI=1S/C33H29F4N9OS/c1-20-30(48-32(40-20)22-3-2-13-38-17-22)31(47)42-26-18-46-27(41-26)9-8-25(43-46)29-28(21-4-6-23(34)7-5-21)39-19-45(29)24-10-14-44(15-11-24)16-12-33(35,36)37/h2-9,13,17-19,24H,10-12,14-16H2,1H3,(H,42,47). The summed E-state index contributed by atoms with van der Waals surface area (Å²) in [6.45, 7) is 2.78. The molecule has 0 unspecified atom stereocenters. The van der Waals surface area contributed by atoms with E-state index in [0.717, 1.165) is 5.56 Å². The van der Waals surface area contributed by atoms with E-state index in [1.54, 1.807) is 60.6 Å². The molecule has 6 heterocycles. The van der Waals surface area contributed by atoms with Crippen LogP contribution in [0.25, 0.3) is 38.9 Å². The van der Waals surface area contributed by atoms with E-state index in [2.05, 4.69) is 20.3 Å². The Labute approximate surface area is 276 Å². The van der Waals surface area contributed by atoms with Gasteiger partial charge in [0.25, 0.3) is 5.91 Å². The van der Waals surface area contributed by atoms with Gasteiger partial charge in [-0.2, -0.15) is 18.3 Å². The number of nitrogens with one attached hydrogen (secondary N) is 1. The van der Waals surface area contributed by atoms with Crippen LogP contribution in [0.5, 0.6) is 0 Å². The van der Waals surface area contributed by atoms with Gasteiger partial charge in [-0.05, 0) is 68.3 Å². The fourth-order valence-electron chi connectivity index (χ4n) is 5.88. The van der Waals surface area contributed by atoms with Gasteiger partial charge in [-0.15, -0.1) is 11.3 Å². The van der Waals surface area contributed by atoms with Crippen molar-refractivity contribution in [1.82, 2.24) is 39.0 Å². The molecule has 1 amide bonds. The number of carbonyl (C=O) groups excluding carboxylic acids is 1. The van der Waals surface area contributed by atoms with Crippen LogP contribution in [-0.4, -0.2) is 70.7 Å². The third-order valence-corrected chi connectivity index (χ3v) is 9.49. The number of likely N-dealkylation sites (tertiary alicyclic amines) is 1. The number of hydrogen-bond acceptors (Lipinski definition) is 8. The van der Waals surface area contributed by atoms with E-state index in [4.69, 9.17) is 10.1 Å². The van der Waals surface area contributed by atoms with Crippen molar-refractivity contribution in [2.45, 2.75) is 38.4 Å². The van der Waals surface area contributed by atoms with Crippen LogP contribution in [0.1, 0.15) is 40.7 Å². The Morgan fingerprint density at radius 3 is 2.56 bits per heavy atom. The number of hydrogen-bond donors (Lipinski definition) is 1. The molecule has 1 aromatic carbocycles. The Balaban J connectivity index is 1.16. The lowest BCUT2D eigenvalue weighted by Gasteiger charge is -2.33. The largest absolute Gasteiger partial charge is 0.390 e. The molecule has 0 aliphatic carbocycles. The van der Waals surface area contributed by atoms with Gasteiger partial charge in [0.05, 0.1) is 36.0 Å². The first-order valence-electron chi connectivity index (χ1n) is 15.3. The monoisotopic (exact) mass is 675 g/mol. The lowest BCUT2D eigenvalue weighted by molar-refractivity contribution is -0.138. The van der Waals surface area contributed by atoms with Crippen LogP contribution >= 0.6 is 11.3 Å². The third kappa shape index (κ3) is 6.69. The molecule has 10 nitrogen and oxygen atoms in total. The number of amides is 1. The number of carbonyl (C=O) groups is 1. The third-order valence-electron chi connectivity index (χ3n) is 8.29. The molecule has 1 aliphatic heterocycles. The maximum absolute atomic E-state index is 13.8. The van der Waals surface area contributed by atoms with Gasteiger partial charge >= 0.3 is 6.18 Å². The number of nitrogens with zero attached hydrogens (tertiary/aromatic N) is 8. The van der Waals surface area contributed by atoms with Crippen LogP contribution < -0.4 is 5.32 Å². The molecule has 0 radical (unpaired) electrons. The van der Waals surface area contributed by atoms with Crippen molar-refractivity contribution in [2.75, 3.05) is 25.0 Å². The molecule has 15 heteroatoms. The number of aromatic nitrogens is 7. The SMILES string of the molecule is Cc1nc(-c2cccnc2)sc1C(=O)Nc1cn2nc(-c3c(-c4ccc(F)cc4)ncn3C3CCN(CCC(F)(F)F)CC3)ccc2n1. The maximum atomic E-state index is 13.8. The van der Waals surface area contributed by atoms with Crippen molar-refractivity contribution in [2.24, 2.45) is 0 Å². The van der Waals surface area contributed by atoms with Crippen LogP contribution in [0, 0.1) is 12.7 Å². The van der Waals surface area contributed by atoms with Gasteiger partial charge in [0.1, 0.15) is 21.4 Å². The van der Waals surface area contributed by atoms with Crippen LogP contribution in [0.4, 0.5) is 23.4 Å². The number of alkyl halides is 3. The first-order valence-corrected chi connectivity index (χ1v) is 16.1. The maximum Gasteiger partial charge on any atom is 0.390 e. The summed E-state index contributed by atoms with van der Waals surface area (Å²) in [4.78, 5) is 33.4. The molecule has 246 valence electrons. The van der Waals surface area contributed by atoms with E-state index in [-0.39, 0.29) is 24.3 Å². The van der Waals surface area contributed by atoms with Gasteiger partial charge in [0.15, 0.2) is 11.5 Å². The molecule has 0 saturated carbocycles. The quantitative estimate of drug-likeness (QED) is 0.172. The van der Waals surface area contributed by atoms with Crippen LogP contribution in [0.3, 0.4) is 0 Å². The summed E-state index contributed by atoms with van der Waals surface area (Å²) in [6.07, 6.45) is 2.94. The number of halogens is 4. The van der Waals surface area contributed by atoms with Crippen molar-refractivity contribution in [1.29, 1.82) is 0 Å². The van der Waals surface area contributed by atoms with Gasteiger partial charge in [-0.25, -0.2) is 23.9 Å². The fraction of sp³-hybridized carbons (Fsp3) is 0.273. The summed E-state index contributed by atoms with van der Waals surface area (Å²) < 4.78 is 55.8. The second-order valence-corrected chi connectivity index (χ2v) is 12.6. The summed E-state index contributed by atoms with van der Waals surface area (Å²) in [6, 6.07) is 13.3. The molecule has 1 aliphatic rings. The first kappa shape index (κ1) is 31.6. The van der Waals surface area contributed by atoms with Crippen LogP contribution in [-0.2, 0) is 0 Å². The van der Waals surface area contributed by atoms with Crippen molar-refractivity contribution in [3.8, 4) is 33.2 Å². The Morgan fingerprint density at radius 1 is 1.04 bits per heavy atom. The van der Waals surface area contributed by atoms with Gasteiger partial charge < -0.3 is 14.8 Å². The van der Waals surface area contributed by atoms with Crippen LogP contribution in [0.15, 0.2) is 73.4 Å². The lowest BCUT2D eigenvalue weighted by atomic mass is 10.0. The minimum atomic E-state index is -4.19. The van der Waals surface area contributed by atoms with E-state index in [1.165, 1.54) is 23.5 Å². The van der Waals surface area contributed by atoms with Crippen LogP contribution in [0.2, 0.25) is 0 Å². The predicted octanol–water partition coefficient (Wildman–Crippen LogP) is 7.07. The normalized spacial score (nSPS) is 14.5. The molecule has 0 bridgehead atoms. The molecule has 0 atom stereocenters. The zero-order chi connectivity index (χ0) is 33.4. The number of pyridine rings is 1. The molecule has 1 saturated heterocycles. The summed E-state index contributed by atoms with van der Waals surface area (Å²) in [5.41, 5.74) is 4.46. The molecule has 1 N–H and O–H groups in total. The second-order valence-electron chi connectivity index (χ2n) is 11.6. The smallest absolute Gasteiger partial charge is 0.326 e. The van der Waals surface area contributed by atoms with Gasteiger partial charge in [-0.3, -0.25) is 9.78 Å². The number of piperidine rings is 1. The van der Waals surface area contributed by atoms with E-state index >= 15 is 0 Å². The zero-order valence-corrected chi connectivity index (χ0v) is 26.5. The molecule has 0 spiro atoms. The summed E-state index contributed by atoms with van der Waals surface area (Å²) in [5.74, 6) is -0.416. The Bertz CT molecular complexity index is 2060. The molecule has 1 fully saturated rings. The molecule has 5 aromatic heterocycles. The van der Waals surface area contributed by atoms with Crippen molar-refractivity contribution >= 4 is 28.7 Å². The van der Waals surface area contributed by atoms with Crippen molar-refractivity contribution < 1.29 is 22.4 Å². The molecule has 7 rings (SSSR count). The second kappa shape index (κ2) is 12.9. The van der Waals surface area contributed by atoms with Gasteiger partial charge in [0, 0.05) is 49.2 Å². The van der Waals surface area contributed by atoms with E-state index in [0.29, 0.717) is 75.6 Å². The molecule has 48 heavy (non-hydrogen) atoms. The number of anilines is 1. The highest BCUT2D eigenvalue weighted by atomic mass is 32.1. The van der Waals surface area contributed by atoms with Gasteiger partial charge in [-0.1, -0.05) is 0 Å². The number of thiazole rings is 1. The number of fused-ring (bicyclic) bond motifs is 1. The van der Waals surface area contributed by atoms with Gasteiger partial charge in [0.2, 0.25) is 0 Å². The number of imidazole rings is 2.